The SMILES string of the molecule is COc1cccc(-c2cncc(CN3CCc4ccccc4C3)c2)c1. The van der Waals surface area contributed by atoms with Crippen LogP contribution in [0.4, 0.5) is 0 Å². The van der Waals surface area contributed by atoms with E-state index in [0.717, 1.165) is 42.9 Å². The molecule has 0 radical (unpaired) electrons. The van der Waals surface area contributed by atoms with Crippen molar-refractivity contribution in [2.45, 2.75) is 19.5 Å². The summed E-state index contributed by atoms with van der Waals surface area (Å²) in [5, 5.41) is 0. The predicted octanol–water partition coefficient (Wildman–Crippen LogP) is 4.32. The lowest BCUT2D eigenvalue weighted by Gasteiger charge is -2.28. The van der Waals surface area contributed by atoms with Crippen molar-refractivity contribution in [3.63, 3.8) is 0 Å². The van der Waals surface area contributed by atoms with Gasteiger partial charge in [0.2, 0.25) is 0 Å². The Kier molecular flexibility index (Phi) is 4.49. The van der Waals surface area contributed by atoms with E-state index >= 15 is 0 Å². The van der Waals surface area contributed by atoms with Gasteiger partial charge in [0.25, 0.3) is 0 Å². The molecular weight excluding hydrogens is 308 g/mol. The van der Waals surface area contributed by atoms with Crippen LogP contribution in [0.5, 0.6) is 5.75 Å². The van der Waals surface area contributed by atoms with Gasteiger partial charge >= 0.3 is 0 Å². The van der Waals surface area contributed by atoms with Crippen molar-refractivity contribution in [2.24, 2.45) is 0 Å². The number of hydrogen-bond donors (Lipinski definition) is 0. The van der Waals surface area contributed by atoms with Crippen LogP contribution in [0, 0.1) is 0 Å². The Labute approximate surface area is 148 Å². The van der Waals surface area contributed by atoms with Crippen molar-refractivity contribution in [1.82, 2.24) is 9.88 Å². The first-order valence-electron chi connectivity index (χ1n) is 8.69. The van der Waals surface area contributed by atoms with E-state index in [1.807, 2.05) is 24.5 Å². The zero-order chi connectivity index (χ0) is 17.1. The summed E-state index contributed by atoms with van der Waals surface area (Å²) in [6, 6.07) is 19.1. The molecule has 3 aromatic rings. The second-order valence-electron chi connectivity index (χ2n) is 6.54. The highest BCUT2D eigenvalue weighted by molar-refractivity contribution is 5.64. The molecule has 0 atom stereocenters. The number of nitrogens with zero attached hydrogens (tertiary/aromatic N) is 2. The zero-order valence-electron chi connectivity index (χ0n) is 14.5. The maximum Gasteiger partial charge on any atom is 0.119 e. The molecule has 126 valence electrons. The van der Waals surface area contributed by atoms with Gasteiger partial charge in [0, 0.05) is 37.6 Å². The summed E-state index contributed by atoms with van der Waals surface area (Å²) in [5.74, 6) is 0.871. The Balaban J connectivity index is 1.52. The van der Waals surface area contributed by atoms with Gasteiger partial charge in [-0.1, -0.05) is 36.4 Å². The molecule has 2 aromatic carbocycles. The highest BCUT2D eigenvalue weighted by atomic mass is 16.5. The maximum absolute atomic E-state index is 5.33. The third-order valence-electron chi connectivity index (χ3n) is 4.81. The van der Waals surface area contributed by atoms with Crippen LogP contribution >= 0.6 is 0 Å². The molecule has 0 amide bonds. The van der Waals surface area contributed by atoms with Crippen LogP contribution in [0.25, 0.3) is 11.1 Å². The number of methoxy groups -OCH3 is 1. The lowest BCUT2D eigenvalue weighted by atomic mass is 9.99. The summed E-state index contributed by atoms with van der Waals surface area (Å²) < 4.78 is 5.33. The van der Waals surface area contributed by atoms with E-state index in [9.17, 15) is 0 Å². The monoisotopic (exact) mass is 330 g/mol. The molecule has 0 spiro atoms. The van der Waals surface area contributed by atoms with Gasteiger partial charge in [-0.15, -0.1) is 0 Å². The first-order chi connectivity index (χ1) is 12.3. The van der Waals surface area contributed by atoms with E-state index in [-0.39, 0.29) is 0 Å². The molecule has 0 unspecified atom stereocenters. The van der Waals surface area contributed by atoms with Gasteiger partial charge < -0.3 is 4.74 Å². The number of hydrogen-bond acceptors (Lipinski definition) is 3. The number of rotatable bonds is 4. The Morgan fingerprint density at radius 2 is 1.84 bits per heavy atom. The molecule has 2 heterocycles. The van der Waals surface area contributed by atoms with Crippen LogP contribution in [-0.2, 0) is 19.5 Å². The minimum Gasteiger partial charge on any atom is -0.497 e. The van der Waals surface area contributed by atoms with E-state index in [1.165, 1.54) is 16.7 Å². The van der Waals surface area contributed by atoms with Crippen molar-refractivity contribution >= 4 is 0 Å². The number of aromatic nitrogens is 1. The second-order valence-corrected chi connectivity index (χ2v) is 6.54. The highest BCUT2D eigenvalue weighted by Crippen LogP contribution is 2.25. The summed E-state index contributed by atoms with van der Waals surface area (Å²) in [6.07, 6.45) is 5.02. The standard InChI is InChI=1S/C22H22N2O/c1-25-22-8-4-7-19(12-22)21-11-17(13-23-14-21)15-24-10-9-18-5-2-3-6-20(18)16-24/h2-8,11-14H,9-10,15-16H2,1H3. The molecule has 3 heteroatoms. The number of pyridine rings is 1. The Morgan fingerprint density at radius 3 is 2.72 bits per heavy atom. The summed E-state index contributed by atoms with van der Waals surface area (Å²) in [5.41, 5.74) is 6.46. The molecule has 1 aliphatic heterocycles. The average molecular weight is 330 g/mol. The molecule has 4 rings (SSSR count). The largest absolute Gasteiger partial charge is 0.497 e. The van der Waals surface area contributed by atoms with Gasteiger partial charge in [0.15, 0.2) is 0 Å². The molecule has 1 aliphatic rings. The summed E-state index contributed by atoms with van der Waals surface area (Å²) in [6.45, 7) is 3.04. The van der Waals surface area contributed by atoms with Crippen LogP contribution in [-0.4, -0.2) is 23.5 Å². The van der Waals surface area contributed by atoms with Gasteiger partial charge in [-0.25, -0.2) is 0 Å². The van der Waals surface area contributed by atoms with Crippen LogP contribution in [0.1, 0.15) is 16.7 Å². The van der Waals surface area contributed by atoms with Crippen molar-refractivity contribution in [3.05, 3.63) is 83.7 Å². The van der Waals surface area contributed by atoms with Gasteiger partial charge in [-0.3, -0.25) is 9.88 Å². The van der Waals surface area contributed by atoms with E-state index in [4.69, 9.17) is 4.74 Å². The Bertz CT molecular complexity index is 875. The van der Waals surface area contributed by atoms with E-state index in [2.05, 4.69) is 52.3 Å². The number of fused-ring (bicyclic) bond motifs is 1. The van der Waals surface area contributed by atoms with Crippen LogP contribution in [0.15, 0.2) is 67.0 Å². The molecule has 0 saturated carbocycles. The van der Waals surface area contributed by atoms with Gasteiger partial charge in [-0.05, 0) is 46.9 Å². The molecule has 1 aromatic heterocycles. The van der Waals surface area contributed by atoms with Gasteiger partial charge in [0.05, 0.1) is 7.11 Å². The Hall–Kier alpha value is -2.65. The molecule has 0 fully saturated rings. The lowest BCUT2D eigenvalue weighted by molar-refractivity contribution is 0.245. The molecule has 3 nitrogen and oxygen atoms in total. The van der Waals surface area contributed by atoms with Crippen molar-refractivity contribution < 1.29 is 4.74 Å². The fraction of sp³-hybridized carbons (Fsp3) is 0.227. The normalized spacial score (nSPS) is 14.1. The molecule has 25 heavy (non-hydrogen) atoms. The molecule has 0 saturated heterocycles. The molecule has 0 N–H and O–H groups in total. The van der Waals surface area contributed by atoms with Crippen molar-refractivity contribution in [1.29, 1.82) is 0 Å². The fourth-order valence-corrected chi connectivity index (χ4v) is 3.48. The minimum atomic E-state index is 0.871. The van der Waals surface area contributed by atoms with Gasteiger partial charge in [0.1, 0.15) is 5.75 Å². The van der Waals surface area contributed by atoms with E-state index in [1.54, 1.807) is 7.11 Å². The third kappa shape index (κ3) is 3.57. The quantitative estimate of drug-likeness (QED) is 0.712. The average Bonchev–Trinajstić information content (AvgIpc) is 2.68. The molecule has 0 bridgehead atoms. The molecule has 0 aliphatic carbocycles. The van der Waals surface area contributed by atoms with Crippen molar-refractivity contribution in [2.75, 3.05) is 13.7 Å². The van der Waals surface area contributed by atoms with E-state index in [0.29, 0.717) is 0 Å². The first kappa shape index (κ1) is 15.9. The minimum absolute atomic E-state index is 0.871. The summed E-state index contributed by atoms with van der Waals surface area (Å²) >= 11 is 0. The fourth-order valence-electron chi connectivity index (χ4n) is 3.48. The van der Waals surface area contributed by atoms with Crippen LogP contribution in [0.2, 0.25) is 0 Å². The summed E-state index contributed by atoms with van der Waals surface area (Å²) in [7, 11) is 1.70. The smallest absolute Gasteiger partial charge is 0.119 e. The molecular formula is C22H22N2O. The number of ether oxygens (including phenoxy) is 1. The zero-order valence-corrected chi connectivity index (χ0v) is 14.5. The topological polar surface area (TPSA) is 25.4 Å². The predicted molar refractivity (Wildman–Crippen MR) is 100 cm³/mol. The van der Waals surface area contributed by atoms with E-state index < -0.39 is 0 Å². The van der Waals surface area contributed by atoms with Gasteiger partial charge in [-0.2, -0.15) is 0 Å². The van der Waals surface area contributed by atoms with Crippen molar-refractivity contribution in [3.8, 4) is 16.9 Å². The highest BCUT2D eigenvalue weighted by Gasteiger charge is 2.16. The van der Waals surface area contributed by atoms with Crippen LogP contribution in [0.3, 0.4) is 0 Å². The second kappa shape index (κ2) is 7.08. The third-order valence-corrected chi connectivity index (χ3v) is 4.81. The summed E-state index contributed by atoms with van der Waals surface area (Å²) in [4.78, 5) is 6.95. The lowest BCUT2D eigenvalue weighted by Crippen LogP contribution is -2.30. The van der Waals surface area contributed by atoms with Crippen LogP contribution < -0.4 is 4.74 Å². The maximum atomic E-state index is 5.33. The Morgan fingerprint density at radius 1 is 0.960 bits per heavy atom. The number of benzene rings is 2. The first-order valence-corrected chi connectivity index (χ1v) is 8.69.